The van der Waals surface area contributed by atoms with Crippen LogP contribution in [0.4, 0.5) is 5.69 Å². The van der Waals surface area contributed by atoms with Gasteiger partial charge in [-0.25, -0.2) is 8.42 Å². The highest BCUT2D eigenvalue weighted by Gasteiger charge is 2.22. The Kier molecular flexibility index (Phi) is 7.57. The van der Waals surface area contributed by atoms with E-state index in [-0.39, 0.29) is 16.9 Å². The molecule has 0 aromatic heterocycles. The summed E-state index contributed by atoms with van der Waals surface area (Å²) in [5, 5.41) is 0.396. The van der Waals surface area contributed by atoms with Crippen LogP contribution in [-0.4, -0.2) is 34.4 Å². The Morgan fingerprint density at radius 1 is 0.970 bits per heavy atom. The van der Waals surface area contributed by atoms with Crippen LogP contribution in [-0.2, 0) is 21.2 Å². The van der Waals surface area contributed by atoms with Crippen molar-refractivity contribution in [1.82, 2.24) is 10.9 Å². The normalized spacial score (nSPS) is 10.9. The summed E-state index contributed by atoms with van der Waals surface area (Å²) in [7, 11) is -1.00. The van der Waals surface area contributed by atoms with E-state index >= 15 is 0 Å². The highest BCUT2D eigenvalue weighted by molar-refractivity contribution is 7.92. The van der Waals surface area contributed by atoms with E-state index in [1.807, 2.05) is 0 Å². The molecule has 2 amide bonds. The largest absolute Gasteiger partial charge is 0.497 e. The topological polar surface area (TPSA) is 105 Å². The monoisotopic (exact) mass is 487 g/mol. The quantitative estimate of drug-likeness (QED) is 0.498. The van der Waals surface area contributed by atoms with Crippen LogP contribution < -0.4 is 19.9 Å². The van der Waals surface area contributed by atoms with Crippen LogP contribution in [0.2, 0.25) is 5.02 Å². The molecule has 0 unspecified atom stereocenters. The predicted molar refractivity (Wildman–Crippen MR) is 126 cm³/mol. The molecule has 0 atom stereocenters. The molecule has 0 aliphatic rings. The van der Waals surface area contributed by atoms with Gasteiger partial charge in [0, 0.05) is 17.6 Å². The molecule has 8 nitrogen and oxygen atoms in total. The molecular weight excluding hydrogens is 466 g/mol. The molecule has 0 spiro atoms. The van der Waals surface area contributed by atoms with Gasteiger partial charge in [0.05, 0.1) is 24.1 Å². The lowest BCUT2D eigenvalue weighted by Crippen LogP contribution is -2.42. The predicted octanol–water partition coefficient (Wildman–Crippen LogP) is 3.18. The Morgan fingerprint density at radius 2 is 1.67 bits per heavy atom. The molecule has 172 valence electrons. The van der Waals surface area contributed by atoms with Gasteiger partial charge in [-0.2, -0.15) is 0 Å². The molecule has 3 aromatic carbocycles. The average Bonchev–Trinajstić information content (AvgIpc) is 2.82. The number of methoxy groups -OCH3 is 1. The molecule has 3 aromatic rings. The van der Waals surface area contributed by atoms with E-state index in [1.54, 1.807) is 49.6 Å². The molecule has 33 heavy (non-hydrogen) atoms. The number of anilines is 1. The Bertz CT molecular complexity index is 1260. The van der Waals surface area contributed by atoms with Crippen molar-refractivity contribution in [3.8, 4) is 5.75 Å². The second-order valence-corrected chi connectivity index (χ2v) is 9.41. The summed E-state index contributed by atoms with van der Waals surface area (Å²) in [4.78, 5) is 24.5. The van der Waals surface area contributed by atoms with Crippen molar-refractivity contribution >= 4 is 39.1 Å². The molecule has 0 aliphatic carbocycles. The first-order chi connectivity index (χ1) is 15.7. The summed E-state index contributed by atoms with van der Waals surface area (Å²) in [6.07, 6.45) is 0.0448. The fourth-order valence-corrected chi connectivity index (χ4v) is 4.36. The summed E-state index contributed by atoms with van der Waals surface area (Å²) in [6.45, 7) is 0. The van der Waals surface area contributed by atoms with E-state index in [9.17, 15) is 18.0 Å². The van der Waals surface area contributed by atoms with Gasteiger partial charge in [0.15, 0.2) is 0 Å². The minimum Gasteiger partial charge on any atom is -0.497 e. The van der Waals surface area contributed by atoms with Crippen LogP contribution in [0, 0.1) is 0 Å². The number of hydrogen-bond donors (Lipinski definition) is 2. The highest BCUT2D eigenvalue weighted by Crippen LogP contribution is 2.25. The Morgan fingerprint density at radius 3 is 2.33 bits per heavy atom. The molecule has 0 aliphatic heterocycles. The summed E-state index contributed by atoms with van der Waals surface area (Å²) >= 11 is 5.96. The summed E-state index contributed by atoms with van der Waals surface area (Å²) in [5.74, 6) is -0.415. The molecule has 0 saturated carbocycles. The Labute approximate surface area is 197 Å². The third kappa shape index (κ3) is 6.03. The highest BCUT2D eigenvalue weighted by atomic mass is 35.5. The van der Waals surface area contributed by atoms with Crippen LogP contribution in [0.1, 0.15) is 15.9 Å². The number of nitrogens with zero attached hydrogens (tertiary/aromatic N) is 1. The zero-order valence-electron chi connectivity index (χ0n) is 17.9. The number of sulfonamides is 1. The average molecular weight is 488 g/mol. The van der Waals surface area contributed by atoms with Crippen molar-refractivity contribution in [3.63, 3.8) is 0 Å². The number of rotatable bonds is 7. The molecule has 3 rings (SSSR count). The van der Waals surface area contributed by atoms with Crippen LogP contribution >= 0.6 is 11.6 Å². The van der Waals surface area contributed by atoms with E-state index in [0.29, 0.717) is 16.5 Å². The van der Waals surface area contributed by atoms with Gasteiger partial charge in [-0.1, -0.05) is 35.9 Å². The van der Waals surface area contributed by atoms with Crippen LogP contribution in [0.15, 0.2) is 77.7 Å². The molecule has 10 heteroatoms. The molecule has 0 heterocycles. The van der Waals surface area contributed by atoms with Gasteiger partial charge in [0.2, 0.25) is 5.91 Å². The van der Waals surface area contributed by atoms with Crippen LogP contribution in [0.5, 0.6) is 5.75 Å². The first-order valence-electron chi connectivity index (χ1n) is 9.77. The van der Waals surface area contributed by atoms with E-state index < -0.39 is 21.8 Å². The maximum Gasteiger partial charge on any atom is 0.269 e. The lowest BCUT2D eigenvalue weighted by atomic mass is 10.1. The standard InChI is InChI=1S/C23H22ClN3O5S/c1-27(19-7-4-6-18(24)15-19)33(30,31)21-8-3-5-17(14-21)23(29)26-25-22(28)13-16-9-11-20(32-2)12-10-16/h3-12,14-15H,13H2,1-2H3,(H,25,28)(H,26,29). The third-order valence-electron chi connectivity index (χ3n) is 4.77. The summed E-state index contributed by atoms with van der Waals surface area (Å²) < 4.78 is 32.2. The zero-order valence-corrected chi connectivity index (χ0v) is 19.5. The molecule has 0 saturated heterocycles. The van der Waals surface area contributed by atoms with Gasteiger partial charge in [-0.05, 0) is 54.1 Å². The maximum atomic E-state index is 13.0. The van der Waals surface area contributed by atoms with Crippen molar-refractivity contribution in [3.05, 3.63) is 88.9 Å². The molecule has 0 fully saturated rings. The van der Waals surface area contributed by atoms with Gasteiger partial charge in [-0.3, -0.25) is 24.7 Å². The van der Waals surface area contributed by atoms with Crippen molar-refractivity contribution < 1.29 is 22.7 Å². The van der Waals surface area contributed by atoms with E-state index in [0.717, 1.165) is 9.87 Å². The molecule has 0 bridgehead atoms. The number of amides is 2. The van der Waals surface area contributed by atoms with Crippen molar-refractivity contribution in [2.75, 3.05) is 18.5 Å². The fraction of sp³-hybridized carbons (Fsp3) is 0.130. The third-order valence-corrected chi connectivity index (χ3v) is 6.78. The van der Waals surface area contributed by atoms with Crippen LogP contribution in [0.25, 0.3) is 0 Å². The first-order valence-corrected chi connectivity index (χ1v) is 11.6. The number of nitrogens with one attached hydrogen (secondary N) is 2. The Balaban J connectivity index is 1.66. The zero-order chi connectivity index (χ0) is 24.0. The number of ether oxygens (including phenoxy) is 1. The van der Waals surface area contributed by atoms with Gasteiger partial charge in [0.25, 0.3) is 15.9 Å². The number of carbonyl (C=O) groups excluding carboxylic acids is 2. The Hall–Kier alpha value is -3.56. The lowest BCUT2D eigenvalue weighted by Gasteiger charge is -2.20. The number of halogens is 1. The minimum absolute atomic E-state index is 0.0448. The van der Waals surface area contributed by atoms with Crippen molar-refractivity contribution in [2.24, 2.45) is 0 Å². The second kappa shape index (κ2) is 10.4. The number of benzene rings is 3. The lowest BCUT2D eigenvalue weighted by molar-refractivity contribution is -0.121. The van der Waals surface area contributed by atoms with Gasteiger partial charge in [-0.15, -0.1) is 0 Å². The SMILES string of the molecule is COc1ccc(CC(=O)NNC(=O)c2cccc(S(=O)(=O)N(C)c3cccc(Cl)c3)c2)cc1. The van der Waals surface area contributed by atoms with E-state index in [2.05, 4.69) is 10.9 Å². The number of carbonyl (C=O) groups is 2. The number of hydrogen-bond acceptors (Lipinski definition) is 5. The van der Waals surface area contributed by atoms with Crippen molar-refractivity contribution in [2.45, 2.75) is 11.3 Å². The molecular formula is C23H22ClN3O5S. The molecule has 2 N–H and O–H groups in total. The second-order valence-electron chi connectivity index (χ2n) is 7.01. The van der Waals surface area contributed by atoms with Crippen molar-refractivity contribution in [1.29, 1.82) is 0 Å². The fourth-order valence-electron chi connectivity index (χ4n) is 2.94. The van der Waals surface area contributed by atoms with E-state index in [1.165, 1.54) is 37.4 Å². The van der Waals surface area contributed by atoms with E-state index in [4.69, 9.17) is 16.3 Å². The van der Waals surface area contributed by atoms with Gasteiger partial charge >= 0.3 is 0 Å². The number of hydrazine groups is 1. The van der Waals surface area contributed by atoms with Crippen LogP contribution in [0.3, 0.4) is 0 Å². The summed E-state index contributed by atoms with van der Waals surface area (Å²) in [5.41, 5.74) is 5.81. The van der Waals surface area contributed by atoms with Gasteiger partial charge < -0.3 is 4.74 Å². The minimum atomic E-state index is -3.95. The molecule has 0 radical (unpaired) electrons. The summed E-state index contributed by atoms with van der Waals surface area (Å²) in [6, 6.07) is 18.9. The van der Waals surface area contributed by atoms with Gasteiger partial charge in [0.1, 0.15) is 5.75 Å². The maximum absolute atomic E-state index is 13.0. The smallest absolute Gasteiger partial charge is 0.269 e. The first kappa shape index (κ1) is 24.1.